The zero-order chi connectivity index (χ0) is 11.5. The SMILES string of the molecule is N#Cc1ccc(F)c(CNC2CC(O)C2)c1. The Balaban J connectivity index is 1.95. The van der Waals surface area contributed by atoms with Crippen molar-refractivity contribution >= 4 is 0 Å². The van der Waals surface area contributed by atoms with E-state index in [0.29, 0.717) is 17.7 Å². The van der Waals surface area contributed by atoms with Gasteiger partial charge in [0, 0.05) is 18.2 Å². The number of aliphatic hydroxyl groups is 1. The molecule has 1 fully saturated rings. The van der Waals surface area contributed by atoms with E-state index in [9.17, 15) is 4.39 Å². The molecular weight excluding hydrogens is 207 g/mol. The highest BCUT2D eigenvalue weighted by atomic mass is 19.1. The lowest BCUT2D eigenvalue weighted by Gasteiger charge is -2.32. The molecule has 0 aromatic heterocycles. The van der Waals surface area contributed by atoms with Gasteiger partial charge in [-0.05, 0) is 31.0 Å². The van der Waals surface area contributed by atoms with E-state index in [1.165, 1.54) is 12.1 Å². The van der Waals surface area contributed by atoms with Gasteiger partial charge in [0.1, 0.15) is 5.82 Å². The largest absolute Gasteiger partial charge is 0.393 e. The van der Waals surface area contributed by atoms with Crippen LogP contribution in [0.25, 0.3) is 0 Å². The molecular formula is C12H13FN2O. The van der Waals surface area contributed by atoms with E-state index in [4.69, 9.17) is 10.4 Å². The van der Waals surface area contributed by atoms with Crippen molar-refractivity contribution in [2.24, 2.45) is 0 Å². The first-order valence-corrected chi connectivity index (χ1v) is 5.29. The Morgan fingerprint density at radius 3 is 2.88 bits per heavy atom. The van der Waals surface area contributed by atoms with Gasteiger partial charge in [-0.2, -0.15) is 5.26 Å². The van der Waals surface area contributed by atoms with E-state index in [-0.39, 0.29) is 18.0 Å². The summed E-state index contributed by atoms with van der Waals surface area (Å²) in [5, 5.41) is 20.9. The highest BCUT2D eigenvalue weighted by Gasteiger charge is 2.26. The molecule has 4 heteroatoms. The van der Waals surface area contributed by atoms with Gasteiger partial charge in [0.25, 0.3) is 0 Å². The molecule has 0 spiro atoms. The van der Waals surface area contributed by atoms with Gasteiger partial charge in [-0.25, -0.2) is 4.39 Å². The van der Waals surface area contributed by atoms with Gasteiger partial charge in [0.05, 0.1) is 17.7 Å². The van der Waals surface area contributed by atoms with Gasteiger partial charge in [-0.15, -0.1) is 0 Å². The molecule has 1 saturated carbocycles. The van der Waals surface area contributed by atoms with Gasteiger partial charge >= 0.3 is 0 Å². The van der Waals surface area contributed by atoms with Crippen LogP contribution in [0, 0.1) is 17.1 Å². The second-order valence-corrected chi connectivity index (χ2v) is 4.12. The number of nitriles is 1. The van der Waals surface area contributed by atoms with Crippen LogP contribution >= 0.6 is 0 Å². The lowest BCUT2D eigenvalue weighted by molar-refractivity contribution is 0.0618. The van der Waals surface area contributed by atoms with Crippen molar-refractivity contribution < 1.29 is 9.50 Å². The van der Waals surface area contributed by atoms with Crippen molar-refractivity contribution in [1.82, 2.24) is 5.32 Å². The van der Waals surface area contributed by atoms with Crippen molar-refractivity contribution in [1.29, 1.82) is 5.26 Å². The summed E-state index contributed by atoms with van der Waals surface area (Å²) in [6.07, 6.45) is 1.23. The molecule has 1 aliphatic carbocycles. The first kappa shape index (κ1) is 11.1. The molecule has 0 bridgehead atoms. The number of benzene rings is 1. The van der Waals surface area contributed by atoms with Crippen LogP contribution in [-0.2, 0) is 6.54 Å². The van der Waals surface area contributed by atoms with Crippen LogP contribution in [0.3, 0.4) is 0 Å². The average molecular weight is 220 g/mol. The molecule has 1 aromatic rings. The summed E-state index contributed by atoms with van der Waals surface area (Å²) < 4.78 is 13.4. The summed E-state index contributed by atoms with van der Waals surface area (Å²) >= 11 is 0. The predicted molar refractivity (Wildman–Crippen MR) is 57.0 cm³/mol. The second kappa shape index (κ2) is 4.60. The minimum absolute atomic E-state index is 0.215. The smallest absolute Gasteiger partial charge is 0.127 e. The van der Waals surface area contributed by atoms with E-state index in [2.05, 4.69) is 5.32 Å². The summed E-state index contributed by atoms with van der Waals surface area (Å²) in [7, 11) is 0. The van der Waals surface area contributed by atoms with Crippen molar-refractivity contribution in [2.75, 3.05) is 0 Å². The lowest BCUT2D eigenvalue weighted by atomic mass is 9.89. The summed E-state index contributed by atoms with van der Waals surface area (Å²) in [5.74, 6) is -0.300. The third-order valence-corrected chi connectivity index (χ3v) is 2.87. The normalized spacial score (nSPS) is 23.6. The number of halogens is 1. The monoisotopic (exact) mass is 220 g/mol. The number of nitrogens with one attached hydrogen (secondary N) is 1. The Morgan fingerprint density at radius 1 is 1.50 bits per heavy atom. The fraction of sp³-hybridized carbons (Fsp3) is 0.417. The van der Waals surface area contributed by atoms with Crippen LogP contribution in [0.4, 0.5) is 4.39 Å². The summed E-state index contributed by atoms with van der Waals surface area (Å²) in [4.78, 5) is 0. The number of aliphatic hydroxyl groups excluding tert-OH is 1. The van der Waals surface area contributed by atoms with Gasteiger partial charge < -0.3 is 10.4 Å². The van der Waals surface area contributed by atoms with Gasteiger partial charge in [0.2, 0.25) is 0 Å². The summed E-state index contributed by atoms with van der Waals surface area (Å²) in [5.41, 5.74) is 0.965. The predicted octanol–water partition coefficient (Wildman–Crippen LogP) is 1.31. The maximum absolute atomic E-state index is 13.4. The minimum atomic E-state index is -0.300. The summed E-state index contributed by atoms with van der Waals surface area (Å²) in [6, 6.07) is 6.57. The third kappa shape index (κ3) is 2.38. The van der Waals surface area contributed by atoms with Gasteiger partial charge in [-0.1, -0.05) is 0 Å². The molecule has 0 amide bonds. The molecule has 1 aliphatic rings. The molecule has 2 N–H and O–H groups in total. The third-order valence-electron chi connectivity index (χ3n) is 2.87. The van der Waals surface area contributed by atoms with Crippen molar-refractivity contribution in [3.05, 3.63) is 35.1 Å². The Labute approximate surface area is 93.5 Å². The molecule has 84 valence electrons. The lowest BCUT2D eigenvalue weighted by Crippen LogP contribution is -2.43. The number of rotatable bonds is 3. The van der Waals surface area contributed by atoms with Crippen LogP contribution in [-0.4, -0.2) is 17.3 Å². The number of hydrogen-bond donors (Lipinski definition) is 2. The Kier molecular flexibility index (Phi) is 3.18. The zero-order valence-corrected chi connectivity index (χ0v) is 8.78. The Hall–Kier alpha value is -1.44. The Bertz CT molecular complexity index is 422. The van der Waals surface area contributed by atoms with E-state index in [1.54, 1.807) is 6.07 Å². The fourth-order valence-corrected chi connectivity index (χ4v) is 1.79. The number of nitrogens with zero attached hydrogens (tertiary/aromatic N) is 1. The minimum Gasteiger partial charge on any atom is -0.393 e. The van der Waals surface area contributed by atoms with Crippen molar-refractivity contribution in [2.45, 2.75) is 31.5 Å². The van der Waals surface area contributed by atoms with Crippen LogP contribution in [0.1, 0.15) is 24.0 Å². The van der Waals surface area contributed by atoms with Crippen LogP contribution in [0.2, 0.25) is 0 Å². The molecule has 0 heterocycles. The molecule has 0 atom stereocenters. The van der Waals surface area contributed by atoms with E-state index < -0.39 is 0 Å². The maximum Gasteiger partial charge on any atom is 0.127 e. The first-order valence-electron chi connectivity index (χ1n) is 5.29. The Morgan fingerprint density at radius 2 is 2.25 bits per heavy atom. The van der Waals surface area contributed by atoms with E-state index in [1.807, 2.05) is 6.07 Å². The highest BCUT2D eigenvalue weighted by Crippen LogP contribution is 2.20. The molecule has 1 aromatic carbocycles. The number of hydrogen-bond acceptors (Lipinski definition) is 3. The zero-order valence-electron chi connectivity index (χ0n) is 8.78. The van der Waals surface area contributed by atoms with Gasteiger partial charge in [0.15, 0.2) is 0 Å². The van der Waals surface area contributed by atoms with E-state index >= 15 is 0 Å². The summed E-state index contributed by atoms with van der Waals surface area (Å²) in [6.45, 7) is 0.402. The second-order valence-electron chi connectivity index (χ2n) is 4.12. The highest BCUT2D eigenvalue weighted by molar-refractivity contribution is 5.33. The van der Waals surface area contributed by atoms with Crippen molar-refractivity contribution in [3.8, 4) is 6.07 Å². The van der Waals surface area contributed by atoms with E-state index in [0.717, 1.165) is 12.8 Å². The molecule has 0 radical (unpaired) electrons. The van der Waals surface area contributed by atoms with Gasteiger partial charge in [-0.3, -0.25) is 0 Å². The van der Waals surface area contributed by atoms with Crippen molar-refractivity contribution in [3.63, 3.8) is 0 Å². The maximum atomic E-state index is 13.4. The molecule has 0 aliphatic heterocycles. The molecule has 2 rings (SSSR count). The standard InChI is InChI=1S/C12H13FN2O/c13-12-2-1-8(6-14)3-9(12)7-15-10-4-11(16)5-10/h1-3,10-11,15-16H,4-5,7H2. The molecule has 16 heavy (non-hydrogen) atoms. The molecule has 3 nitrogen and oxygen atoms in total. The van der Waals surface area contributed by atoms with Crippen LogP contribution < -0.4 is 5.32 Å². The quantitative estimate of drug-likeness (QED) is 0.807. The fourth-order valence-electron chi connectivity index (χ4n) is 1.79. The van der Waals surface area contributed by atoms with Crippen LogP contribution in [0.5, 0.6) is 0 Å². The first-order chi connectivity index (χ1) is 7.69. The van der Waals surface area contributed by atoms with Crippen LogP contribution in [0.15, 0.2) is 18.2 Å². The molecule has 0 unspecified atom stereocenters. The topological polar surface area (TPSA) is 56.0 Å². The molecule has 0 saturated heterocycles. The average Bonchev–Trinajstić information content (AvgIpc) is 2.25.